The number of halogens is 2. The number of amides is 2. The van der Waals surface area contributed by atoms with Gasteiger partial charge in [0.1, 0.15) is 0 Å². The average molecular weight is 478 g/mol. The van der Waals surface area contributed by atoms with Gasteiger partial charge in [-0.1, -0.05) is 18.6 Å². The Morgan fingerprint density at radius 2 is 1.33 bits per heavy atom. The smallest absolute Gasteiger partial charge is 0.255 e. The third-order valence-corrected chi connectivity index (χ3v) is 8.03. The fourth-order valence-electron chi connectivity index (χ4n) is 4.21. The van der Waals surface area contributed by atoms with E-state index in [0.717, 1.165) is 31.4 Å². The molecule has 2 aliphatic rings. The van der Waals surface area contributed by atoms with E-state index in [-0.39, 0.29) is 42.2 Å². The Kier molecular flexibility index (Phi) is 6.76. The highest BCUT2D eigenvalue weighted by atomic mass is 32.2. The minimum atomic E-state index is -3.79. The monoisotopic (exact) mass is 477 g/mol. The molecule has 0 radical (unpaired) electrons. The molecular weight excluding hydrogens is 452 g/mol. The van der Waals surface area contributed by atoms with E-state index in [1.165, 1.54) is 32.3 Å². The third-order valence-electron chi connectivity index (χ3n) is 6.07. The fourth-order valence-corrected chi connectivity index (χ4v) is 5.91. The largest absolute Gasteiger partial charge is 0.335 e. The van der Waals surface area contributed by atoms with E-state index < -0.39 is 33.5 Å². The molecule has 2 heterocycles. The van der Waals surface area contributed by atoms with E-state index in [1.54, 1.807) is 12.1 Å². The molecule has 0 N–H and O–H groups in total. The Balaban J connectivity index is 1.47. The molecule has 0 spiro atoms. The van der Waals surface area contributed by atoms with Crippen molar-refractivity contribution in [2.45, 2.75) is 24.2 Å². The van der Waals surface area contributed by atoms with Gasteiger partial charge in [-0.05, 0) is 43.2 Å². The first-order valence-corrected chi connectivity index (χ1v) is 12.4. The van der Waals surface area contributed by atoms with Gasteiger partial charge in [-0.25, -0.2) is 17.2 Å². The highest BCUT2D eigenvalue weighted by Gasteiger charge is 2.32. The molecule has 0 unspecified atom stereocenters. The Morgan fingerprint density at radius 1 is 0.727 bits per heavy atom. The lowest BCUT2D eigenvalue weighted by Gasteiger charge is -2.35. The summed E-state index contributed by atoms with van der Waals surface area (Å²) in [5, 5.41) is 0. The molecule has 0 bridgehead atoms. The molecular formula is C23H25F2N3O4S. The van der Waals surface area contributed by atoms with Gasteiger partial charge in [-0.3, -0.25) is 9.59 Å². The molecule has 176 valence electrons. The maximum atomic E-state index is 13.5. The van der Waals surface area contributed by atoms with Crippen molar-refractivity contribution in [2.24, 2.45) is 0 Å². The molecule has 33 heavy (non-hydrogen) atoms. The lowest BCUT2D eigenvalue weighted by Crippen LogP contribution is -2.51. The van der Waals surface area contributed by atoms with Gasteiger partial charge in [0.15, 0.2) is 11.6 Å². The zero-order chi connectivity index (χ0) is 23.6. The molecule has 2 aromatic carbocycles. The molecule has 0 atom stereocenters. The van der Waals surface area contributed by atoms with Gasteiger partial charge in [-0.15, -0.1) is 0 Å². The van der Waals surface area contributed by atoms with Gasteiger partial charge < -0.3 is 9.80 Å². The minimum Gasteiger partial charge on any atom is -0.335 e. The Bertz CT molecular complexity index is 1160. The quantitative estimate of drug-likeness (QED) is 0.679. The second-order valence-corrected chi connectivity index (χ2v) is 10.1. The molecule has 7 nitrogen and oxygen atoms in total. The van der Waals surface area contributed by atoms with Gasteiger partial charge in [0.25, 0.3) is 11.8 Å². The maximum absolute atomic E-state index is 13.5. The Labute approximate surface area is 191 Å². The zero-order valence-corrected chi connectivity index (χ0v) is 18.9. The number of carbonyl (C=O) groups excluding carboxylic acids is 2. The summed E-state index contributed by atoms with van der Waals surface area (Å²) in [4.78, 5) is 28.8. The van der Waals surface area contributed by atoms with Crippen LogP contribution in [0.2, 0.25) is 0 Å². The van der Waals surface area contributed by atoms with Crippen LogP contribution < -0.4 is 0 Å². The second kappa shape index (κ2) is 9.56. The van der Waals surface area contributed by atoms with Crippen LogP contribution in [0.15, 0.2) is 47.4 Å². The van der Waals surface area contributed by atoms with Crippen molar-refractivity contribution in [2.75, 3.05) is 39.3 Å². The van der Waals surface area contributed by atoms with Crippen molar-refractivity contribution in [3.8, 4) is 0 Å². The van der Waals surface area contributed by atoms with Crippen molar-refractivity contribution in [1.82, 2.24) is 14.1 Å². The summed E-state index contributed by atoms with van der Waals surface area (Å²) in [5.74, 6) is -2.98. The molecule has 0 aromatic heterocycles. The van der Waals surface area contributed by atoms with Crippen LogP contribution >= 0.6 is 0 Å². The van der Waals surface area contributed by atoms with Crippen LogP contribution in [0.1, 0.15) is 40.0 Å². The standard InChI is InChI=1S/C23H25F2N3O4S/c24-19-9-8-17(16-20(19)25)22(29)26-12-14-27(15-13-26)23(30)18-6-2-3-7-21(18)33(31,32)28-10-4-1-5-11-28/h2-3,6-9,16H,1,4-5,10-15H2. The molecule has 0 saturated carbocycles. The van der Waals surface area contributed by atoms with E-state index in [2.05, 4.69) is 0 Å². The molecule has 2 aliphatic heterocycles. The molecule has 0 aliphatic carbocycles. The summed E-state index contributed by atoms with van der Waals surface area (Å²) in [7, 11) is -3.79. The predicted molar refractivity (Wildman–Crippen MR) is 117 cm³/mol. The fraction of sp³-hybridized carbons (Fsp3) is 0.391. The first-order valence-electron chi connectivity index (χ1n) is 10.9. The number of piperazine rings is 1. The van der Waals surface area contributed by atoms with Crippen LogP contribution in [0, 0.1) is 11.6 Å². The number of rotatable bonds is 4. The van der Waals surface area contributed by atoms with E-state index in [0.29, 0.717) is 13.1 Å². The number of hydrogen-bond donors (Lipinski definition) is 0. The van der Waals surface area contributed by atoms with Crippen LogP contribution in [0.4, 0.5) is 8.78 Å². The van der Waals surface area contributed by atoms with Crippen molar-refractivity contribution >= 4 is 21.8 Å². The number of sulfonamides is 1. The van der Waals surface area contributed by atoms with Crippen LogP contribution in [-0.2, 0) is 10.0 Å². The molecule has 2 amide bonds. The Hall–Kier alpha value is -2.85. The number of piperidine rings is 1. The highest BCUT2D eigenvalue weighted by molar-refractivity contribution is 7.89. The van der Waals surface area contributed by atoms with Crippen molar-refractivity contribution in [1.29, 1.82) is 0 Å². The third kappa shape index (κ3) is 4.77. The maximum Gasteiger partial charge on any atom is 0.255 e. The molecule has 2 aromatic rings. The van der Waals surface area contributed by atoms with Gasteiger partial charge in [-0.2, -0.15) is 4.31 Å². The van der Waals surface area contributed by atoms with Crippen LogP contribution in [0.3, 0.4) is 0 Å². The SMILES string of the molecule is O=C(c1ccc(F)c(F)c1)N1CCN(C(=O)c2ccccc2S(=O)(=O)N2CCCCC2)CC1. The lowest BCUT2D eigenvalue weighted by atomic mass is 10.1. The van der Waals surface area contributed by atoms with Gasteiger partial charge >= 0.3 is 0 Å². The minimum absolute atomic E-state index is 0.00260. The van der Waals surface area contributed by atoms with Crippen LogP contribution in [-0.4, -0.2) is 73.6 Å². The van der Waals surface area contributed by atoms with E-state index >= 15 is 0 Å². The summed E-state index contributed by atoms with van der Waals surface area (Å²) >= 11 is 0. The number of nitrogens with zero attached hydrogens (tertiary/aromatic N) is 3. The number of benzene rings is 2. The summed E-state index contributed by atoms with van der Waals surface area (Å²) in [6, 6.07) is 9.19. The second-order valence-electron chi connectivity index (χ2n) is 8.17. The van der Waals surface area contributed by atoms with Crippen molar-refractivity contribution in [3.63, 3.8) is 0 Å². The van der Waals surface area contributed by atoms with Crippen molar-refractivity contribution < 1.29 is 26.8 Å². The Morgan fingerprint density at radius 3 is 1.97 bits per heavy atom. The number of carbonyl (C=O) groups is 2. The molecule has 10 heteroatoms. The molecule has 2 fully saturated rings. The lowest BCUT2D eigenvalue weighted by molar-refractivity contribution is 0.0533. The summed E-state index contributed by atoms with van der Waals surface area (Å²) in [6.45, 7) is 1.68. The van der Waals surface area contributed by atoms with E-state index in [9.17, 15) is 26.8 Å². The predicted octanol–water partition coefficient (Wildman–Crippen LogP) is 2.74. The molecule has 4 rings (SSSR count). The normalized spacial score (nSPS) is 17.8. The van der Waals surface area contributed by atoms with E-state index in [4.69, 9.17) is 0 Å². The van der Waals surface area contributed by atoms with Gasteiger partial charge in [0.2, 0.25) is 10.0 Å². The zero-order valence-electron chi connectivity index (χ0n) is 18.0. The first kappa shape index (κ1) is 23.3. The van der Waals surface area contributed by atoms with Crippen LogP contribution in [0.5, 0.6) is 0 Å². The van der Waals surface area contributed by atoms with Gasteiger partial charge in [0.05, 0.1) is 10.5 Å². The molecule has 2 saturated heterocycles. The summed E-state index contributed by atoms with van der Waals surface area (Å²) in [5.41, 5.74) is 0.148. The summed E-state index contributed by atoms with van der Waals surface area (Å²) in [6.07, 6.45) is 2.58. The van der Waals surface area contributed by atoms with E-state index in [1.807, 2.05) is 0 Å². The highest BCUT2D eigenvalue weighted by Crippen LogP contribution is 2.25. The van der Waals surface area contributed by atoms with Crippen LogP contribution in [0.25, 0.3) is 0 Å². The average Bonchev–Trinajstić information content (AvgIpc) is 2.85. The van der Waals surface area contributed by atoms with Gasteiger partial charge in [0, 0.05) is 44.8 Å². The summed E-state index contributed by atoms with van der Waals surface area (Å²) < 4.78 is 54.4. The topological polar surface area (TPSA) is 78.0 Å². The van der Waals surface area contributed by atoms with Crippen molar-refractivity contribution in [3.05, 3.63) is 65.2 Å². The number of hydrogen-bond acceptors (Lipinski definition) is 4. The first-order chi connectivity index (χ1) is 15.8.